The minimum absolute atomic E-state index is 0.0312. The van der Waals surface area contributed by atoms with Crippen LogP contribution in [0.3, 0.4) is 0 Å². The number of ether oxygens (including phenoxy) is 1. The Morgan fingerprint density at radius 1 is 1.12 bits per heavy atom. The van der Waals surface area contributed by atoms with Crippen LogP contribution < -0.4 is 0 Å². The third kappa shape index (κ3) is 4.36. The first-order valence-corrected chi connectivity index (χ1v) is 9.88. The standard InChI is InChI=1S/C23H24N4O5/c1-14-8-6-7-9-21(14)26-16(3)20(15(2)24-26)13-25(4)22(28)17-10-18(23(29)32-5)12-19(11-17)27(30)31/h6-12H,13H2,1-5H3. The first kappa shape index (κ1) is 22.7. The number of methoxy groups -OCH3 is 1. The zero-order chi connectivity index (χ0) is 23.6. The second-order valence-electron chi connectivity index (χ2n) is 7.53. The third-order valence-electron chi connectivity index (χ3n) is 5.32. The van der Waals surface area contributed by atoms with Crippen molar-refractivity contribution in [1.29, 1.82) is 0 Å². The van der Waals surface area contributed by atoms with E-state index in [2.05, 4.69) is 9.84 Å². The number of hydrogen-bond acceptors (Lipinski definition) is 6. The topological polar surface area (TPSA) is 108 Å². The van der Waals surface area contributed by atoms with Gasteiger partial charge in [0.25, 0.3) is 11.6 Å². The van der Waals surface area contributed by atoms with Gasteiger partial charge in [0.05, 0.1) is 29.0 Å². The van der Waals surface area contributed by atoms with Crippen molar-refractivity contribution < 1.29 is 19.2 Å². The number of nitro groups is 1. The molecule has 0 aliphatic rings. The Morgan fingerprint density at radius 2 is 1.78 bits per heavy atom. The van der Waals surface area contributed by atoms with Crippen LogP contribution in [0.25, 0.3) is 5.69 Å². The maximum Gasteiger partial charge on any atom is 0.338 e. The molecular weight excluding hydrogens is 412 g/mol. The normalized spacial score (nSPS) is 10.7. The summed E-state index contributed by atoms with van der Waals surface area (Å²) in [5.74, 6) is -1.21. The molecule has 0 fully saturated rings. The molecular formula is C23H24N4O5. The molecule has 0 aliphatic carbocycles. The van der Waals surface area contributed by atoms with Crippen molar-refractivity contribution in [3.63, 3.8) is 0 Å². The van der Waals surface area contributed by atoms with Gasteiger partial charge in [-0.15, -0.1) is 0 Å². The first-order valence-electron chi connectivity index (χ1n) is 9.88. The molecule has 0 atom stereocenters. The van der Waals surface area contributed by atoms with Gasteiger partial charge >= 0.3 is 5.97 Å². The number of benzene rings is 2. The Hall–Kier alpha value is -4.01. The summed E-state index contributed by atoms with van der Waals surface area (Å²) in [5.41, 5.74) is 4.19. The lowest BCUT2D eigenvalue weighted by Gasteiger charge is -2.18. The first-order chi connectivity index (χ1) is 15.1. The lowest BCUT2D eigenvalue weighted by molar-refractivity contribution is -0.384. The fraction of sp³-hybridized carbons (Fsp3) is 0.261. The highest BCUT2D eigenvalue weighted by molar-refractivity contribution is 5.98. The number of esters is 1. The summed E-state index contributed by atoms with van der Waals surface area (Å²) in [5, 5.41) is 15.9. The molecule has 166 valence electrons. The Kier molecular flexibility index (Phi) is 6.38. The van der Waals surface area contributed by atoms with Crippen molar-refractivity contribution >= 4 is 17.6 Å². The summed E-state index contributed by atoms with van der Waals surface area (Å²) in [6.07, 6.45) is 0. The van der Waals surface area contributed by atoms with Gasteiger partial charge in [0, 0.05) is 42.5 Å². The Labute approximate surface area is 185 Å². The summed E-state index contributed by atoms with van der Waals surface area (Å²) in [6, 6.07) is 11.4. The molecule has 0 saturated carbocycles. The van der Waals surface area contributed by atoms with Crippen molar-refractivity contribution in [3.05, 3.63) is 86.2 Å². The van der Waals surface area contributed by atoms with E-state index >= 15 is 0 Å². The van der Waals surface area contributed by atoms with Crippen LogP contribution in [0, 0.1) is 30.9 Å². The van der Waals surface area contributed by atoms with E-state index in [1.165, 1.54) is 18.1 Å². The van der Waals surface area contributed by atoms with E-state index in [4.69, 9.17) is 0 Å². The highest BCUT2D eigenvalue weighted by atomic mass is 16.6. The molecule has 1 heterocycles. The second kappa shape index (κ2) is 9.01. The van der Waals surface area contributed by atoms with E-state index in [9.17, 15) is 19.7 Å². The predicted octanol–water partition coefficient (Wildman–Crippen LogP) is 3.76. The number of rotatable bonds is 6. The highest BCUT2D eigenvalue weighted by Crippen LogP contribution is 2.23. The molecule has 1 amide bonds. The summed E-state index contributed by atoms with van der Waals surface area (Å²) >= 11 is 0. The summed E-state index contributed by atoms with van der Waals surface area (Å²) < 4.78 is 6.50. The average Bonchev–Trinajstić information content (AvgIpc) is 3.05. The number of amides is 1. The summed E-state index contributed by atoms with van der Waals surface area (Å²) in [6.45, 7) is 6.06. The van der Waals surface area contributed by atoms with Crippen LogP contribution in [0.1, 0.15) is 43.2 Å². The molecule has 3 rings (SSSR count). The highest BCUT2D eigenvalue weighted by Gasteiger charge is 2.22. The fourth-order valence-corrected chi connectivity index (χ4v) is 3.54. The average molecular weight is 436 g/mol. The Bertz CT molecular complexity index is 1220. The van der Waals surface area contributed by atoms with Gasteiger partial charge in [-0.3, -0.25) is 14.9 Å². The maximum absolute atomic E-state index is 13.1. The Morgan fingerprint density at radius 3 is 2.41 bits per heavy atom. The molecule has 0 aliphatic heterocycles. The number of hydrogen-bond donors (Lipinski definition) is 0. The molecule has 0 unspecified atom stereocenters. The fourth-order valence-electron chi connectivity index (χ4n) is 3.54. The van der Waals surface area contributed by atoms with Crippen LogP contribution >= 0.6 is 0 Å². The number of nitrogens with zero attached hydrogens (tertiary/aromatic N) is 4. The number of carbonyl (C=O) groups is 2. The van der Waals surface area contributed by atoms with Gasteiger partial charge in [0.2, 0.25) is 0 Å². The zero-order valence-corrected chi connectivity index (χ0v) is 18.6. The van der Waals surface area contributed by atoms with E-state index in [0.717, 1.165) is 40.3 Å². The molecule has 3 aromatic rings. The lowest BCUT2D eigenvalue weighted by Crippen LogP contribution is -2.27. The van der Waals surface area contributed by atoms with Crippen molar-refractivity contribution in [1.82, 2.24) is 14.7 Å². The maximum atomic E-state index is 13.1. The smallest absolute Gasteiger partial charge is 0.338 e. The summed E-state index contributed by atoms with van der Waals surface area (Å²) in [4.78, 5) is 37.0. The molecule has 0 N–H and O–H groups in total. The monoisotopic (exact) mass is 436 g/mol. The largest absolute Gasteiger partial charge is 0.465 e. The molecule has 9 heteroatoms. The molecule has 1 aromatic heterocycles. The van der Waals surface area contributed by atoms with Gasteiger partial charge in [-0.05, 0) is 38.5 Å². The summed E-state index contributed by atoms with van der Waals surface area (Å²) in [7, 11) is 2.77. The third-order valence-corrected chi connectivity index (χ3v) is 5.32. The molecule has 9 nitrogen and oxygen atoms in total. The van der Waals surface area contributed by atoms with Crippen LogP contribution in [0.15, 0.2) is 42.5 Å². The van der Waals surface area contributed by atoms with Crippen LogP contribution in [0.4, 0.5) is 5.69 Å². The number of non-ortho nitro benzene ring substituents is 1. The molecule has 32 heavy (non-hydrogen) atoms. The van der Waals surface area contributed by atoms with Gasteiger partial charge in [-0.25, -0.2) is 9.48 Å². The number of aryl methyl sites for hydroxylation is 2. The van der Waals surface area contributed by atoms with Gasteiger partial charge < -0.3 is 9.64 Å². The lowest BCUT2D eigenvalue weighted by atomic mass is 10.1. The van der Waals surface area contributed by atoms with Gasteiger partial charge in [-0.2, -0.15) is 5.10 Å². The van der Waals surface area contributed by atoms with Crippen molar-refractivity contribution in [3.8, 4) is 5.69 Å². The molecule has 2 aromatic carbocycles. The number of carbonyl (C=O) groups excluding carboxylic acids is 2. The van der Waals surface area contributed by atoms with Gasteiger partial charge in [0.1, 0.15) is 0 Å². The zero-order valence-electron chi connectivity index (χ0n) is 18.6. The van der Waals surface area contributed by atoms with Gasteiger partial charge in [-0.1, -0.05) is 18.2 Å². The molecule has 0 spiro atoms. The molecule has 0 bridgehead atoms. The van der Waals surface area contributed by atoms with Gasteiger partial charge in [0.15, 0.2) is 0 Å². The number of nitro benzene ring substituents is 1. The van der Waals surface area contributed by atoms with Crippen molar-refractivity contribution in [2.45, 2.75) is 27.3 Å². The Balaban J connectivity index is 1.93. The van der Waals surface area contributed by atoms with Crippen molar-refractivity contribution in [2.75, 3.05) is 14.2 Å². The van der Waals surface area contributed by atoms with Crippen molar-refractivity contribution in [2.24, 2.45) is 0 Å². The quantitative estimate of drug-likeness (QED) is 0.331. The number of para-hydroxylation sites is 1. The predicted molar refractivity (Wildman–Crippen MR) is 118 cm³/mol. The van der Waals surface area contributed by atoms with E-state index < -0.39 is 16.8 Å². The van der Waals surface area contributed by atoms with Crippen LogP contribution in [0.5, 0.6) is 0 Å². The van der Waals surface area contributed by atoms with E-state index in [-0.39, 0.29) is 23.4 Å². The SMILES string of the molecule is COC(=O)c1cc(C(=O)N(C)Cc2c(C)nn(-c3ccccc3C)c2C)cc([N+](=O)[O-])c1. The molecule has 0 saturated heterocycles. The van der Waals surface area contributed by atoms with Crippen LogP contribution in [-0.4, -0.2) is 45.6 Å². The minimum atomic E-state index is -0.753. The minimum Gasteiger partial charge on any atom is -0.465 e. The van der Waals surface area contributed by atoms with E-state index in [1.807, 2.05) is 49.7 Å². The number of aromatic nitrogens is 2. The van der Waals surface area contributed by atoms with Crippen LogP contribution in [-0.2, 0) is 11.3 Å². The van der Waals surface area contributed by atoms with Crippen LogP contribution in [0.2, 0.25) is 0 Å². The second-order valence-corrected chi connectivity index (χ2v) is 7.53. The van der Waals surface area contributed by atoms with E-state index in [1.54, 1.807) is 7.05 Å². The van der Waals surface area contributed by atoms with E-state index in [0.29, 0.717) is 0 Å². The molecule has 0 radical (unpaired) electrons.